The van der Waals surface area contributed by atoms with E-state index in [1.54, 1.807) is 0 Å². The van der Waals surface area contributed by atoms with Crippen LogP contribution in [0.5, 0.6) is 5.75 Å². The lowest BCUT2D eigenvalue weighted by Crippen LogP contribution is -2.39. The maximum atomic E-state index is 11.8. The Morgan fingerprint density at radius 1 is 1.24 bits per heavy atom. The lowest BCUT2D eigenvalue weighted by Gasteiger charge is -2.16. The maximum absolute atomic E-state index is 11.8. The number of amides is 1. The van der Waals surface area contributed by atoms with Gasteiger partial charge in [0.05, 0.1) is 6.42 Å². The van der Waals surface area contributed by atoms with Crippen LogP contribution in [0.4, 0.5) is 0 Å². The number of carboxylic acids is 1. The minimum atomic E-state index is -0.912. The Morgan fingerprint density at radius 3 is 2.43 bits per heavy atom. The Kier molecular flexibility index (Phi) is 7.29. The summed E-state index contributed by atoms with van der Waals surface area (Å²) in [6, 6.07) is 7.22. The molecule has 1 aromatic carbocycles. The summed E-state index contributed by atoms with van der Waals surface area (Å²) >= 11 is 0. The van der Waals surface area contributed by atoms with E-state index in [0.717, 1.165) is 12.8 Å². The lowest BCUT2D eigenvalue weighted by molar-refractivity contribution is -0.137. The number of hydrogen-bond donors (Lipinski definition) is 2. The molecule has 2 N–H and O–H groups in total. The first-order chi connectivity index (χ1) is 10.0. The predicted molar refractivity (Wildman–Crippen MR) is 80.4 cm³/mol. The molecule has 1 aromatic rings. The van der Waals surface area contributed by atoms with E-state index in [1.807, 2.05) is 31.2 Å². The third-order valence-electron chi connectivity index (χ3n) is 3.12. The van der Waals surface area contributed by atoms with Gasteiger partial charge < -0.3 is 15.2 Å². The third kappa shape index (κ3) is 6.79. The van der Waals surface area contributed by atoms with E-state index in [2.05, 4.69) is 12.2 Å². The highest BCUT2D eigenvalue weighted by Gasteiger charge is 2.15. The third-order valence-corrected chi connectivity index (χ3v) is 3.12. The van der Waals surface area contributed by atoms with Gasteiger partial charge in [-0.2, -0.15) is 0 Å². The molecule has 1 rings (SSSR count). The number of carbonyl (C=O) groups is 2. The molecule has 0 fully saturated rings. The normalized spacial score (nSPS) is 11.7. The highest BCUT2D eigenvalue weighted by Crippen LogP contribution is 2.12. The number of carbonyl (C=O) groups excluding carboxylic acids is 1. The molecule has 5 heteroatoms. The average Bonchev–Trinajstić information content (AvgIpc) is 2.45. The number of carboxylic acid groups (broad SMARTS) is 1. The van der Waals surface area contributed by atoms with E-state index in [9.17, 15) is 9.59 Å². The van der Waals surface area contributed by atoms with E-state index < -0.39 is 5.97 Å². The van der Waals surface area contributed by atoms with E-state index in [-0.39, 0.29) is 25.0 Å². The Balaban J connectivity index is 2.42. The average molecular weight is 293 g/mol. The second-order valence-electron chi connectivity index (χ2n) is 4.94. The number of benzene rings is 1. The van der Waals surface area contributed by atoms with Crippen LogP contribution in [0.15, 0.2) is 24.3 Å². The van der Waals surface area contributed by atoms with Crippen molar-refractivity contribution >= 4 is 11.9 Å². The minimum absolute atomic E-state index is 0.0647. The van der Waals surface area contributed by atoms with Crippen LogP contribution >= 0.6 is 0 Å². The summed E-state index contributed by atoms with van der Waals surface area (Å²) in [7, 11) is 0. The zero-order valence-electron chi connectivity index (χ0n) is 12.6. The van der Waals surface area contributed by atoms with Crippen molar-refractivity contribution in [1.82, 2.24) is 5.32 Å². The molecule has 1 amide bonds. The SMILES string of the molecule is CCCC(CC(=O)O)NC(=O)COc1ccc(CC)cc1. The summed E-state index contributed by atoms with van der Waals surface area (Å²) in [4.78, 5) is 22.5. The molecule has 0 spiro atoms. The molecule has 0 aliphatic rings. The van der Waals surface area contributed by atoms with Crippen LogP contribution in [-0.4, -0.2) is 29.6 Å². The number of ether oxygens (including phenoxy) is 1. The van der Waals surface area contributed by atoms with E-state index in [4.69, 9.17) is 9.84 Å². The molecule has 1 unspecified atom stereocenters. The Labute approximate surface area is 125 Å². The topological polar surface area (TPSA) is 75.6 Å². The molecule has 0 saturated heterocycles. The summed E-state index contributed by atoms with van der Waals surface area (Å²) in [5, 5.41) is 11.5. The van der Waals surface area contributed by atoms with Gasteiger partial charge in [-0.1, -0.05) is 32.4 Å². The van der Waals surface area contributed by atoms with Gasteiger partial charge in [0.15, 0.2) is 6.61 Å². The molecule has 0 heterocycles. The zero-order valence-corrected chi connectivity index (χ0v) is 12.6. The number of nitrogens with one attached hydrogen (secondary N) is 1. The van der Waals surface area contributed by atoms with E-state index in [1.165, 1.54) is 5.56 Å². The van der Waals surface area contributed by atoms with Crippen molar-refractivity contribution < 1.29 is 19.4 Å². The smallest absolute Gasteiger partial charge is 0.305 e. The number of aryl methyl sites for hydroxylation is 1. The molecular formula is C16H23NO4. The van der Waals surface area contributed by atoms with Crippen molar-refractivity contribution in [3.8, 4) is 5.75 Å². The largest absolute Gasteiger partial charge is 0.484 e. The van der Waals surface area contributed by atoms with Crippen LogP contribution in [0.2, 0.25) is 0 Å². The highest BCUT2D eigenvalue weighted by atomic mass is 16.5. The van der Waals surface area contributed by atoms with Crippen LogP contribution in [0.25, 0.3) is 0 Å². The monoisotopic (exact) mass is 293 g/mol. The second-order valence-corrected chi connectivity index (χ2v) is 4.94. The Hall–Kier alpha value is -2.04. The van der Waals surface area contributed by atoms with Gasteiger partial charge >= 0.3 is 5.97 Å². The fourth-order valence-corrected chi connectivity index (χ4v) is 2.02. The summed E-state index contributed by atoms with van der Waals surface area (Å²) in [5.41, 5.74) is 1.20. The molecule has 1 atom stereocenters. The predicted octanol–water partition coefficient (Wildman–Crippen LogP) is 2.39. The molecule has 5 nitrogen and oxygen atoms in total. The summed E-state index contributed by atoms with van der Waals surface area (Å²) < 4.78 is 5.39. The molecule has 21 heavy (non-hydrogen) atoms. The van der Waals surface area contributed by atoms with Crippen LogP contribution in [0.1, 0.15) is 38.7 Å². The standard InChI is InChI=1S/C16H23NO4/c1-3-5-13(10-16(19)20)17-15(18)11-21-14-8-6-12(4-2)7-9-14/h6-9,13H,3-5,10-11H2,1-2H3,(H,17,18)(H,19,20). The maximum Gasteiger partial charge on any atom is 0.305 e. The first-order valence-electron chi connectivity index (χ1n) is 7.28. The van der Waals surface area contributed by atoms with Gasteiger partial charge in [0.2, 0.25) is 0 Å². The van der Waals surface area contributed by atoms with Gasteiger partial charge in [-0.25, -0.2) is 0 Å². The van der Waals surface area contributed by atoms with Crippen molar-refractivity contribution in [2.45, 2.75) is 45.6 Å². The fraction of sp³-hybridized carbons (Fsp3) is 0.500. The van der Waals surface area contributed by atoms with Gasteiger partial charge in [-0.15, -0.1) is 0 Å². The summed E-state index contributed by atoms with van der Waals surface area (Å²) in [5.74, 6) is -0.577. The molecule has 0 radical (unpaired) electrons. The van der Waals surface area contributed by atoms with Gasteiger partial charge in [-0.3, -0.25) is 9.59 Å². The number of aliphatic carboxylic acids is 1. The van der Waals surface area contributed by atoms with Crippen LogP contribution in [0, 0.1) is 0 Å². The molecule has 0 bridgehead atoms. The van der Waals surface area contributed by atoms with Crippen molar-refractivity contribution in [2.75, 3.05) is 6.61 Å². The van der Waals surface area contributed by atoms with Crippen LogP contribution < -0.4 is 10.1 Å². The van der Waals surface area contributed by atoms with Crippen LogP contribution in [0.3, 0.4) is 0 Å². The van der Waals surface area contributed by atoms with Crippen molar-refractivity contribution in [1.29, 1.82) is 0 Å². The number of hydrogen-bond acceptors (Lipinski definition) is 3. The van der Waals surface area contributed by atoms with Crippen molar-refractivity contribution in [3.05, 3.63) is 29.8 Å². The van der Waals surface area contributed by atoms with Crippen molar-refractivity contribution in [3.63, 3.8) is 0 Å². The number of rotatable bonds is 9. The van der Waals surface area contributed by atoms with E-state index in [0.29, 0.717) is 12.2 Å². The second kappa shape index (κ2) is 9.00. The summed E-state index contributed by atoms with van der Waals surface area (Å²) in [6.07, 6.45) is 2.35. The Morgan fingerprint density at radius 2 is 1.90 bits per heavy atom. The highest BCUT2D eigenvalue weighted by molar-refractivity contribution is 5.78. The lowest BCUT2D eigenvalue weighted by atomic mass is 10.1. The fourth-order valence-electron chi connectivity index (χ4n) is 2.02. The minimum Gasteiger partial charge on any atom is -0.484 e. The van der Waals surface area contributed by atoms with Gasteiger partial charge in [0.25, 0.3) is 5.91 Å². The first kappa shape index (κ1) is 17.0. The molecule has 116 valence electrons. The van der Waals surface area contributed by atoms with E-state index >= 15 is 0 Å². The van der Waals surface area contributed by atoms with Gasteiger partial charge in [0.1, 0.15) is 5.75 Å². The quantitative estimate of drug-likeness (QED) is 0.733. The molecule has 0 saturated carbocycles. The van der Waals surface area contributed by atoms with Gasteiger partial charge in [0, 0.05) is 6.04 Å². The first-order valence-corrected chi connectivity index (χ1v) is 7.28. The van der Waals surface area contributed by atoms with Crippen molar-refractivity contribution in [2.24, 2.45) is 0 Å². The molecule has 0 aromatic heterocycles. The molecule has 0 aliphatic carbocycles. The van der Waals surface area contributed by atoms with Gasteiger partial charge in [-0.05, 0) is 30.5 Å². The molecule has 0 aliphatic heterocycles. The summed E-state index contributed by atoms with van der Waals surface area (Å²) in [6.45, 7) is 3.91. The van der Waals surface area contributed by atoms with Crippen LogP contribution in [-0.2, 0) is 16.0 Å². The molecular weight excluding hydrogens is 270 g/mol. The Bertz CT molecular complexity index is 456. The zero-order chi connectivity index (χ0) is 15.7.